The molecule has 0 unspecified atom stereocenters. The second-order valence-electron chi connectivity index (χ2n) is 1.66. The van der Waals surface area contributed by atoms with Crippen molar-refractivity contribution in [3.8, 4) is 11.8 Å². The number of alkyl halides is 1. The molecule has 0 aliphatic heterocycles. The van der Waals surface area contributed by atoms with Gasteiger partial charge in [0.2, 0.25) is 0 Å². The molecule has 0 N–H and O–H groups in total. The highest BCUT2D eigenvalue weighted by atomic mass is 79.9. The van der Waals surface area contributed by atoms with E-state index in [1.54, 1.807) is 0 Å². The average Bonchev–Trinajstić information content (AvgIpc) is 1.89. The molecule has 0 nitrogen and oxygen atoms in total. The van der Waals surface area contributed by atoms with Crippen LogP contribution < -0.4 is 0 Å². The molecule has 50 valence electrons. The van der Waals surface area contributed by atoms with Crippen molar-refractivity contribution < 1.29 is 0 Å². The summed E-state index contributed by atoms with van der Waals surface area (Å²) in [5.74, 6) is 5.92. The summed E-state index contributed by atoms with van der Waals surface area (Å²) in [5.41, 5.74) is 0. The van der Waals surface area contributed by atoms with Crippen LogP contribution in [-0.2, 0) is 0 Å². The second kappa shape index (κ2) is 5.91. The van der Waals surface area contributed by atoms with Gasteiger partial charge in [-0.2, -0.15) is 0 Å². The molecule has 0 radical (unpaired) electrons. The largest absolute Gasteiger partial charge is 0.0835 e. The SMILES string of the molecule is C/C=C/C#C[C@H](Br)CC. The van der Waals surface area contributed by atoms with Crippen LogP contribution in [-0.4, -0.2) is 4.83 Å². The Labute approximate surface area is 65.5 Å². The summed E-state index contributed by atoms with van der Waals surface area (Å²) >= 11 is 3.40. The minimum absolute atomic E-state index is 0.355. The van der Waals surface area contributed by atoms with Gasteiger partial charge in [0.25, 0.3) is 0 Å². The molecule has 1 atom stereocenters. The van der Waals surface area contributed by atoms with Gasteiger partial charge in [-0.05, 0) is 19.4 Å². The van der Waals surface area contributed by atoms with E-state index in [2.05, 4.69) is 34.7 Å². The van der Waals surface area contributed by atoms with Crippen LogP contribution in [0.5, 0.6) is 0 Å². The summed E-state index contributed by atoms with van der Waals surface area (Å²) in [4.78, 5) is 0.355. The monoisotopic (exact) mass is 186 g/mol. The fourth-order valence-electron chi connectivity index (χ4n) is 0.324. The molecule has 1 heteroatoms. The zero-order valence-corrected chi connectivity index (χ0v) is 7.40. The van der Waals surface area contributed by atoms with Crippen molar-refractivity contribution in [2.45, 2.75) is 25.1 Å². The highest BCUT2D eigenvalue weighted by Crippen LogP contribution is 2.00. The van der Waals surface area contributed by atoms with Crippen molar-refractivity contribution >= 4 is 15.9 Å². The number of rotatable bonds is 1. The van der Waals surface area contributed by atoms with Gasteiger partial charge < -0.3 is 0 Å². The lowest BCUT2D eigenvalue weighted by molar-refractivity contribution is 1.02. The maximum absolute atomic E-state index is 3.40. The molecular weight excluding hydrogens is 176 g/mol. The molecule has 0 heterocycles. The topological polar surface area (TPSA) is 0 Å². The van der Waals surface area contributed by atoms with E-state index in [1.165, 1.54) is 0 Å². The van der Waals surface area contributed by atoms with Crippen molar-refractivity contribution in [3.05, 3.63) is 12.2 Å². The Morgan fingerprint density at radius 2 is 2.33 bits per heavy atom. The summed E-state index contributed by atoms with van der Waals surface area (Å²) in [7, 11) is 0. The molecule has 0 aliphatic carbocycles. The lowest BCUT2D eigenvalue weighted by atomic mass is 10.3. The average molecular weight is 187 g/mol. The van der Waals surface area contributed by atoms with Crippen LogP contribution in [0.2, 0.25) is 0 Å². The van der Waals surface area contributed by atoms with Crippen LogP contribution in [0, 0.1) is 11.8 Å². The number of hydrogen-bond acceptors (Lipinski definition) is 0. The molecule has 0 aromatic rings. The number of halogens is 1. The third kappa shape index (κ3) is 5.65. The lowest BCUT2D eigenvalue weighted by Crippen LogP contribution is -1.86. The van der Waals surface area contributed by atoms with Crippen LogP contribution in [0.15, 0.2) is 12.2 Å². The van der Waals surface area contributed by atoms with E-state index in [9.17, 15) is 0 Å². The Morgan fingerprint density at radius 3 is 2.78 bits per heavy atom. The lowest BCUT2D eigenvalue weighted by Gasteiger charge is -1.89. The molecule has 0 spiro atoms. The van der Waals surface area contributed by atoms with Gasteiger partial charge in [0, 0.05) is 0 Å². The first-order valence-corrected chi connectivity index (χ1v) is 3.99. The van der Waals surface area contributed by atoms with Crippen molar-refractivity contribution in [1.29, 1.82) is 0 Å². The van der Waals surface area contributed by atoms with Gasteiger partial charge in [0.1, 0.15) is 0 Å². The number of allylic oxidation sites excluding steroid dienone is 2. The Morgan fingerprint density at radius 1 is 1.67 bits per heavy atom. The van der Waals surface area contributed by atoms with E-state index in [0.29, 0.717) is 4.83 Å². The molecule has 0 bridgehead atoms. The Hall–Kier alpha value is -0.220. The van der Waals surface area contributed by atoms with E-state index < -0.39 is 0 Å². The van der Waals surface area contributed by atoms with Crippen molar-refractivity contribution in [2.75, 3.05) is 0 Å². The van der Waals surface area contributed by atoms with Crippen molar-refractivity contribution in [2.24, 2.45) is 0 Å². The minimum atomic E-state index is 0.355. The first-order valence-electron chi connectivity index (χ1n) is 3.07. The predicted molar refractivity (Wildman–Crippen MR) is 45.6 cm³/mol. The van der Waals surface area contributed by atoms with Gasteiger partial charge >= 0.3 is 0 Å². The standard InChI is InChI=1S/C8H11Br/c1-3-5-6-7-8(9)4-2/h3,5,8H,4H2,1-2H3/b5-3+/t8-/m1/s1. The highest BCUT2D eigenvalue weighted by molar-refractivity contribution is 9.09. The van der Waals surface area contributed by atoms with Gasteiger partial charge in [-0.1, -0.05) is 40.8 Å². The molecule has 9 heavy (non-hydrogen) atoms. The number of hydrogen-bond donors (Lipinski definition) is 0. The third-order valence-electron chi connectivity index (χ3n) is 0.848. The summed E-state index contributed by atoms with van der Waals surface area (Å²) < 4.78 is 0. The van der Waals surface area contributed by atoms with Gasteiger partial charge in [0.15, 0.2) is 0 Å². The zero-order valence-electron chi connectivity index (χ0n) is 5.82. The summed E-state index contributed by atoms with van der Waals surface area (Å²) in [6, 6.07) is 0. The maximum Gasteiger partial charge on any atom is 0.0755 e. The van der Waals surface area contributed by atoms with E-state index in [4.69, 9.17) is 0 Å². The fourth-order valence-corrected chi connectivity index (χ4v) is 0.456. The van der Waals surface area contributed by atoms with Crippen molar-refractivity contribution in [3.63, 3.8) is 0 Å². The van der Waals surface area contributed by atoms with Gasteiger partial charge in [-0.15, -0.1) is 0 Å². The fraction of sp³-hybridized carbons (Fsp3) is 0.500. The van der Waals surface area contributed by atoms with E-state index in [-0.39, 0.29) is 0 Å². The molecule has 0 saturated heterocycles. The molecule has 0 rings (SSSR count). The molecule has 0 fully saturated rings. The molecular formula is C8H11Br. The molecule has 0 aromatic heterocycles. The summed E-state index contributed by atoms with van der Waals surface area (Å²) in [6.07, 6.45) is 4.84. The molecule has 0 saturated carbocycles. The Kier molecular flexibility index (Phi) is 5.76. The first-order chi connectivity index (χ1) is 4.31. The van der Waals surface area contributed by atoms with E-state index in [1.807, 2.05) is 19.1 Å². The van der Waals surface area contributed by atoms with Crippen LogP contribution in [0.25, 0.3) is 0 Å². The highest BCUT2D eigenvalue weighted by Gasteiger charge is 1.89. The van der Waals surface area contributed by atoms with E-state index in [0.717, 1.165) is 6.42 Å². The van der Waals surface area contributed by atoms with Gasteiger partial charge in [-0.25, -0.2) is 0 Å². The maximum atomic E-state index is 3.40. The van der Waals surface area contributed by atoms with E-state index >= 15 is 0 Å². The smallest absolute Gasteiger partial charge is 0.0755 e. The van der Waals surface area contributed by atoms with Gasteiger partial charge in [0.05, 0.1) is 4.83 Å². The summed E-state index contributed by atoms with van der Waals surface area (Å²) in [5, 5.41) is 0. The third-order valence-corrected chi connectivity index (χ3v) is 1.72. The van der Waals surface area contributed by atoms with Crippen LogP contribution >= 0.6 is 15.9 Å². The molecule has 0 amide bonds. The zero-order chi connectivity index (χ0) is 7.11. The second-order valence-corrected chi connectivity index (χ2v) is 2.77. The summed E-state index contributed by atoms with van der Waals surface area (Å²) in [6.45, 7) is 4.06. The normalized spacial score (nSPS) is 12.8. The Balaban J connectivity index is 3.58. The Bertz CT molecular complexity index is 136. The van der Waals surface area contributed by atoms with Crippen LogP contribution in [0.3, 0.4) is 0 Å². The minimum Gasteiger partial charge on any atom is -0.0835 e. The van der Waals surface area contributed by atoms with Crippen molar-refractivity contribution in [1.82, 2.24) is 0 Å². The quantitative estimate of drug-likeness (QED) is 0.437. The van der Waals surface area contributed by atoms with Crippen LogP contribution in [0.1, 0.15) is 20.3 Å². The molecule has 0 aliphatic rings. The van der Waals surface area contributed by atoms with Crippen LogP contribution in [0.4, 0.5) is 0 Å². The predicted octanol–water partition coefficient (Wildman–Crippen LogP) is 2.74. The molecule has 0 aromatic carbocycles. The van der Waals surface area contributed by atoms with Gasteiger partial charge in [-0.3, -0.25) is 0 Å². The first kappa shape index (κ1) is 8.78.